The molecule has 250 valence electrons. The number of unbranched alkanes of at least 4 members (excludes halogenated alkanes) is 24. The predicted octanol–water partition coefficient (Wildman–Crippen LogP) is 14.1. The molecule has 0 radical (unpaired) electrons. The number of nitrogens with zero attached hydrogens (tertiary/aromatic N) is 2. The topological polar surface area (TPSA) is 24.7 Å². The summed E-state index contributed by atoms with van der Waals surface area (Å²) in [5.41, 5.74) is 1.48. The zero-order valence-electron chi connectivity index (χ0n) is 29.6. The van der Waals surface area contributed by atoms with Gasteiger partial charge in [-0.25, -0.2) is 0 Å². The molecular formula is C42H73N2+. The lowest BCUT2D eigenvalue weighted by Crippen LogP contribution is -2.22. The molecule has 1 aromatic carbocycles. The average Bonchev–Trinajstić information content (AvgIpc) is 3.58. The van der Waals surface area contributed by atoms with E-state index >= 15 is 0 Å². The standard InChI is InChI=1S/C42H73N2/c1-3-5-7-9-11-13-14-15-16-17-18-19-20-22-23-25-30-34-40(38-39-32-28-27-29-33-39)41(42-43-36-37-44-42)35-31-26-24-21-12-10-8-6-4-2/h27-29,32-33,36-37,40-41H,3-26,30-31,34-35,38H2,1-2H3/q+1. The van der Waals surface area contributed by atoms with Crippen LogP contribution in [-0.4, -0.2) is 12.4 Å². The third-order valence-corrected chi connectivity index (χ3v) is 10.0. The lowest BCUT2D eigenvalue weighted by Gasteiger charge is -2.26. The monoisotopic (exact) mass is 606 g/mol. The molecule has 2 rings (SSSR count). The van der Waals surface area contributed by atoms with Crippen molar-refractivity contribution < 1.29 is 0 Å². The molecule has 2 atom stereocenters. The van der Waals surface area contributed by atoms with Gasteiger partial charge in [0.05, 0.1) is 5.92 Å². The maximum atomic E-state index is 4.75. The Bertz CT molecular complexity index is 772. The van der Waals surface area contributed by atoms with E-state index in [4.69, 9.17) is 9.98 Å². The average molecular weight is 606 g/mol. The lowest BCUT2D eigenvalue weighted by atomic mass is 9.78. The van der Waals surface area contributed by atoms with Gasteiger partial charge >= 0.3 is 0 Å². The summed E-state index contributed by atoms with van der Waals surface area (Å²) in [5.74, 6) is 1.14. The van der Waals surface area contributed by atoms with Crippen LogP contribution in [-0.2, 0) is 6.42 Å². The molecule has 44 heavy (non-hydrogen) atoms. The molecule has 0 bridgehead atoms. The quantitative estimate of drug-likeness (QED) is 0.0576. The van der Waals surface area contributed by atoms with Gasteiger partial charge in [-0.3, -0.25) is 0 Å². The van der Waals surface area contributed by atoms with Crippen LogP contribution in [0.1, 0.15) is 199 Å². The van der Waals surface area contributed by atoms with Crippen LogP contribution in [0.2, 0.25) is 0 Å². The van der Waals surface area contributed by atoms with Crippen LogP contribution in [0.5, 0.6) is 0 Å². The maximum Gasteiger partial charge on any atom is 0.244 e. The fourth-order valence-corrected chi connectivity index (χ4v) is 7.19. The number of benzene rings is 1. The van der Waals surface area contributed by atoms with E-state index in [1.165, 1.54) is 185 Å². The van der Waals surface area contributed by atoms with Crippen LogP contribution < -0.4 is 0 Å². The first kappa shape index (κ1) is 38.6. The zero-order valence-corrected chi connectivity index (χ0v) is 29.6. The van der Waals surface area contributed by atoms with Crippen molar-refractivity contribution in [3.63, 3.8) is 0 Å². The molecule has 1 aliphatic rings. The Morgan fingerprint density at radius 2 is 0.818 bits per heavy atom. The summed E-state index contributed by atoms with van der Waals surface area (Å²) < 4.78 is 0. The highest BCUT2D eigenvalue weighted by molar-refractivity contribution is 6.18. The molecule has 1 aliphatic heterocycles. The molecule has 0 spiro atoms. The Hall–Kier alpha value is -1.57. The largest absolute Gasteiger partial charge is 0.244 e. The van der Waals surface area contributed by atoms with E-state index in [2.05, 4.69) is 44.2 Å². The van der Waals surface area contributed by atoms with Crippen LogP contribution in [0.4, 0.5) is 0 Å². The van der Waals surface area contributed by atoms with Crippen LogP contribution in [0.15, 0.2) is 40.3 Å². The molecule has 2 heteroatoms. The highest BCUT2D eigenvalue weighted by atomic mass is 15.0. The SMILES string of the molecule is CCCCCCCCCCCCCCCCCCCC(Cc1ccccc1)C(CCCCCCCCCCC)[C+]1N=CC=N1. The summed E-state index contributed by atoms with van der Waals surface area (Å²) in [6.07, 6.45) is 45.6. The Labute approximate surface area is 275 Å². The van der Waals surface area contributed by atoms with E-state index in [9.17, 15) is 0 Å². The molecule has 1 aromatic rings. The van der Waals surface area contributed by atoms with Gasteiger partial charge in [0.2, 0.25) is 6.17 Å². The van der Waals surface area contributed by atoms with Crippen LogP contribution in [0, 0.1) is 18.0 Å². The van der Waals surface area contributed by atoms with E-state index in [-0.39, 0.29) is 0 Å². The number of aliphatic imine (C=N–C) groups is 2. The fourth-order valence-electron chi connectivity index (χ4n) is 7.19. The summed E-state index contributed by atoms with van der Waals surface area (Å²) in [6, 6.07) is 11.2. The maximum absolute atomic E-state index is 4.75. The fraction of sp³-hybridized carbons (Fsp3) is 0.786. The van der Waals surface area contributed by atoms with Crippen LogP contribution >= 0.6 is 0 Å². The van der Waals surface area contributed by atoms with Gasteiger partial charge in [-0.1, -0.05) is 221 Å². The van der Waals surface area contributed by atoms with E-state index < -0.39 is 0 Å². The molecule has 0 N–H and O–H groups in total. The predicted molar refractivity (Wildman–Crippen MR) is 198 cm³/mol. The van der Waals surface area contributed by atoms with Gasteiger partial charge in [0, 0.05) is 0 Å². The van der Waals surface area contributed by atoms with Gasteiger partial charge < -0.3 is 0 Å². The molecule has 2 nitrogen and oxygen atoms in total. The van der Waals surface area contributed by atoms with E-state index in [0.717, 1.165) is 12.6 Å². The van der Waals surface area contributed by atoms with Gasteiger partial charge in [0.1, 0.15) is 0 Å². The molecule has 2 unspecified atom stereocenters. The summed E-state index contributed by atoms with van der Waals surface area (Å²) >= 11 is 0. The van der Waals surface area contributed by atoms with Crippen molar-refractivity contribution in [3.8, 4) is 0 Å². The van der Waals surface area contributed by atoms with Crippen molar-refractivity contribution in [3.05, 3.63) is 42.1 Å². The first-order valence-electron chi connectivity index (χ1n) is 19.8. The Kier molecular flexibility index (Phi) is 25.3. The Balaban J connectivity index is 1.63. The molecule has 0 aromatic heterocycles. The minimum Gasteiger partial charge on any atom is -0.0965 e. The molecule has 1 heterocycles. The highest BCUT2D eigenvalue weighted by Crippen LogP contribution is 2.37. The van der Waals surface area contributed by atoms with Crippen molar-refractivity contribution >= 4 is 12.4 Å². The van der Waals surface area contributed by atoms with Crippen LogP contribution in [0.3, 0.4) is 0 Å². The van der Waals surface area contributed by atoms with Crippen molar-refractivity contribution in [2.45, 2.75) is 200 Å². The van der Waals surface area contributed by atoms with Crippen molar-refractivity contribution in [1.82, 2.24) is 0 Å². The molecular weight excluding hydrogens is 532 g/mol. The Morgan fingerprint density at radius 3 is 1.23 bits per heavy atom. The van der Waals surface area contributed by atoms with Gasteiger partial charge in [-0.15, -0.1) is 0 Å². The molecule has 0 aliphatic carbocycles. The molecule has 0 fully saturated rings. The highest BCUT2D eigenvalue weighted by Gasteiger charge is 2.35. The van der Waals surface area contributed by atoms with Gasteiger partial charge in [0.25, 0.3) is 0 Å². The summed E-state index contributed by atoms with van der Waals surface area (Å²) in [6.45, 7) is 4.61. The molecule has 0 amide bonds. The van der Waals surface area contributed by atoms with Crippen molar-refractivity contribution in [2.24, 2.45) is 21.8 Å². The van der Waals surface area contributed by atoms with E-state index in [1.807, 2.05) is 12.4 Å². The van der Waals surface area contributed by atoms with E-state index in [0.29, 0.717) is 11.8 Å². The minimum absolute atomic E-state index is 0.496. The van der Waals surface area contributed by atoms with Gasteiger partial charge in [0.15, 0.2) is 12.4 Å². The van der Waals surface area contributed by atoms with E-state index in [1.54, 1.807) is 0 Å². The number of hydrogen-bond acceptors (Lipinski definition) is 2. The second kappa shape index (κ2) is 28.9. The summed E-state index contributed by atoms with van der Waals surface area (Å²) in [4.78, 5) is 9.50. The third kappa shape index (κ3) is 20.5. The normalized spacial score (nSPS) is 14.1. The number of hydrogen-bond donors (Lipinski definition) is 0. The second-order valence-corrected chi connectivity index (χ2v) is 14.0. The van der Waals surface area contributed by atoms with Crippen molar-refractivity contribution in [1.29, 1.82) is 0 Å². The Morgan fingerprint density at radius 1 is 0.455 bits per heavy atom. The second-order valence-electron chi connectivity index (χ2n) is 14.0. The van der Waals surface area contributed by atoms with Crippen molar-refractivity contribution in [2.75, 3.05) is 0 Å². The zero-order chi connectivity index (χ0) is 31.2. The first-order valence-corrected chi connectivity index (χ1v) is 19.8. The lowest BCUT2D eigenvalue weighted by molar-refractivity contribution is 0.284. The summed E-state index contributed by atoms with van der Waals surface area (Å²) in [7, 11) is 0. The number of rotatable bonds is 32. The first-order chi connectivity index (χ1) is 21.8. The van der Waals surface area contributed by atoms with Gasteiger partial charge in [-0.2, -0.15) is 0 Å². The minimum atomic E-state index is 0.496. The molecule has 0 saturated carbocycles. The third-order valence-electron chi connectivity index (χ3n) is 10.0. The van der Waals surface area contributed by atoms with Gasteiger partial charge in [-0.05, 0) is 30.7 Å². The van der Waals surface area contributed by atoms with Crippen LogP contribution in [0.25, 0.3) is 0 Å². The summed E-state index contributed by atoms with van der Waals surface area (Å²) in [5, 5.41) is 0. The smallest absolute Gasteiger partial charge is 0.0965 e. The molecule has 0 saturated heterocycles.